The van der Waals surface area contributed by atoms with Gasteiger partial charge in [0.05, 0.1) is 18.2 Å². The maximum Gasteiger partial charge on any atom is 0.256 e. The van der Waals surface area contributed by atoms with Crippen LogP contribution >= 0.6 is 0 Å². The number of hydrogen-bond donors (Lipinski definition) is 2. The summed E-state index contributed by atoms with van der Waals surface area (Å²) in [5, 5.41) is 2.80. The van der Waals surface area contributed by atoms with Crippen molar-refractivity contribution in [3.8, 4) is 17.1 Å². The van der Waals surface area contributed by atoms with Crippen molar-refractivity contribution in [3.05, 3.63) is 36.0 Å². The number of hydrogen-bond acceptors (Lipinski definition) is 5. The van der Waals surface area contributed by atoms with E-state index in [4.69, 9.17) is 10.5 Å². The molecule has 6 nitrogen and oxygen atoms in total. The predicted octanol–water partition coefficient (Wildman–Crippen LogP) is 2.26. The van der Waals surface area contributed by atoms with Gasteiger partial charge in [-0.05, 0) is 18.6 Å². The number of amides is 1. The van der Waals surface area contributed by atoms with Crippen LogP contribution in [0, 0.1) is 0 Å². The number of nitrogens with one attached hydrogen (secondary N) is 1. The van der Waals surface area contributed by atoms with Crippen LogP contribution in [0.15, 0.2) is 30.5 Å². The minimum atomic E-state index is -0.252. The van der Waals surface area contributed by atoms with Gasteiger partial charge in [0.25, 0.3) is 5.91 Å². The molecule has 116 valence electrons. The molecule has 0 radical (unpaired) electrons. The number of benzene rings is 1. The first-order valence-electron chi connectivity index (χ1n) is 7.21. The molecule has 0 atom stereocenters. The van der Waals surface area contributed by atoms with Crippen LogP contribution in [0.4, 0.5) is 5.82 Å². The normalized spacial score (nSPS) is 10.3. The fourth-order valence-corrected chi connectivity index (χ4v) is 2.00. The highest BCUT2D eigenvalue weighted by atomic mass is 16.5. The summed E-state index contributed by atoms with van der Waals surface area (Å²) in [6, 6.07) is 7.39. The van der Waals surface area contributed by atoms with Crippen LogP contribution in [0.1, 0.15) is 30.1 Å². The van der Waals surface area contributed by atoms with Gasteiger partial charge < -0.3 is 15.8 Å². The lowest BCUT2D eigenvalue weighted by molar-refractivity contribution is 0.0953. The SMILES string of the molecule is CCCCNC(=O)c1cnc(-c2ccccc2OC)nc1N. The summed E-state index contributed by atoms with van der Waals surface area (Å²) in [4.78, 5) is 20.5. The lowest BCUT2D eigenvalue weighted by atomic mass is 10.2. The van der Waals surface area contributed by atoms with E-state index in [9.17, 15) is 4.79 Å². The number of nitrogens with two attached hydrogens (primary N) is 1. The van der Waals surface area contributed by atoms with Crippen molar-refractivity contribution in [2.45, 2.75) is 19.8 Å². The fourth-order valence-electron chi connectivity index (χ4n) is 2.00. The molecule has 2 rings (SSSR count). The molecular formula is C16H20N4O2. The van der Waals surface area contributed by atoms with Crippen molar-refractivity contribution < 1.29 is 9.53 Å². The van der Waals surface area contributed by atoms with Gasteiger partial charge in [0, 0.05) is 12.7 Å². The number of carbonyl (C=O) groups excluding carboxylic acids is 1. The molecule has 1 aromatic heterocycles. The minimum Gasteiger partial charge on any atom is -0.496 e. The third-order valence-electron chi connectivity index (χ3n) is 3.23. The van der Waals surface area contributed by atoms with Crippen molar-refractivity contribution in [2.24, 2.45) is 0 Å². The number of aromatic nitrogens is 2. The number of anilines is 1. The topological polar surface area (TPSA) is 90.1 Å². The molecule has 0 aliphatic heterocycles. The van der Waals surface area contributed by atoms with E-state index in [-0.39, 0.29) is 17.3 Å². The van der Waals surface area contributed by atoms with Crippen LogP contribution in [0.5, 0.6) is 5.75 Å². The monoisotopic (exact) mass is 300 g/mol. The Labute approximate surface area is 129 Å². The summed E-state index contributed by atoms with van der Waals surface area (Å²) < 4.78 is 5.28. The third-order valence-corrected chi connectivity index (χ3v) is 3.23. The second kappa shape index (κ2) is 7.40. The first-order chi connectivity index (χ1) is 10.7. The van der Waals surface area contributed by atoms with Gasteiger partial charge in [-0.1, -0.05) is 25.5 Å². The molecule has 6 heteroatoms. The average molecular weight is 300 g/mol. The second-order valence-corrected chi connectivity index (χ2v) is 4.80. The minimum absolute atomic E-state index is 0.157. The Morgan fingerprint density at radius 2 is 2.14 bits per heavy atom. The van der Waals surface area contributed by atoms with Crippen LogP contribution in [-0.4, -0.2) is 29.5 Å². The Morgan fingerprint density at radius 3 is 2.82 bits per heavy atom. The number of ether oxygens (including phenoxy) is 1. The highest BCUT2D eigenvalue weighted by molar-refractivity contribution is 5.98. The van der Waals surface area contributed by atoms with Crippen molar-refractivity contribution in [3.63, 3.8) is 0 Å². The quantitative estimate of drug-likeness (QED) is 0.799. The van der Waals surface area contributed by atoms with Crippen LogP contribution in [0.2, 0.25) is 0 Å². The van der Waals surface area contributed by atoms with Crippen molar-refractivity contribution in [1.29, 1.82) is 0 Å². The maximum absolute atomic E-state index is 12.0. The lowest BCUT2D eigenvalue weighted by Gasteiger charge is -2.09. The molecule has 0 spiro atoms. The van der Waals surface area contributed by atoms with Crippen LogP contribution in [0.25, 0.3) is 11.4 Å². The van der Waals surface area contributed by atoms with E-state index < -0.39 is 0 Å². The number of para-hydroxylation sites is 1. The van der Waals surface area contributed by atoms with E-state index in [1.807, 2.05) is 24.3 Å². The van der Waals surface area contributed by atoms with Gasteiger partial charge in [-0.15, -0.1) is 0 Å². The summed E-state index contributed by atoms with van der Waals surface area (Å²) in [7, 11) is 1.58. The summed E-state index contributed by atoms with van der Waals surface area (Å²) in [5.74, 6) is 0.990. The van der Waals surface area contributed by atoms with E-state index in [1.54, 1.807) is 7.11 Å². The zero-order valence-corrected chi connectivity index (χ0v) is 12.8. The zero-order valence-electron chi connectivity index (χ0n) is 12.8. The van der Waals surface area contributed by atoms with E-state index in [0.29, 0.717) is 18.1 Å². The molecule has 1 amide bonds. The molecule has 1 heterocycles. The summed E-state index contributed by atoms with van der Waals surface area (Å²) in [6.45, 7) is 2.68. The predicted molar refractivity (Wildman–Crippen MR) is 85.7 cm³/mol. The van der Waals surface area contributed by atoms with Gasteiger partial charge in [-0.3, -0.25) is 4.79 Å². The summed E-state index contributed by atoms with van der Waals surface area (Å²) in [6.07, 6.45) is 3.39. The van der Waals surface area contributed by atoms with Gasteiger partial charge in [-0.25, -0.2) is 9.97 Å². The standard InChI is InChI=1S/C16H20N4O2/c1-3-4-9-18-16(21)12-10-19-15(20-14(12)17)11-7-5-6-8-13(11)22-2/h5-8,10H,3-4,9H2,1-2H3,(H,18,21)(H2,17,19,20). The van der Waals surface area contributed by atoms with Crippen molar-refractivity contribution >= 4 is 11.7 Å². The van der Waals surface area contributed by atoms with Gasteiger partial charge in [-0.2, -0.15) is 0 Å². The van der Waals surface area contributed by atoms with E-state index >= 15 is 0 Å². The van der Waals surface area contributed by atoms with Crippen LogP contribution < -0.4 is 15.8 Å². The molecule has 0 fully saturated rings. The highest BCUT2D eigenvalue weighted by Gasteiger charge is 2.14. The summed E-state index contributed by atoms with van der Waals surface area (Å²) >= 11 is 0. The molecule has 0 aliphatic carbocycles. The lowest BCUT2D eigenvalue weighted by Crippen LogP contribution is -2.25. The summed E-state index contributed by atoms with van der Waals surface area (Å²) in [5.41, 5.74) is 6.92. The number of nitrogen functional groups attached to an aromatic ring is 1. The smallest absolute Gasteiger partial charge is 0.256 e. The van der Waals surface area contributed by atoms with Crippen LogP contribution in [-0.2, 0) is 0 Å². The van der Waals surface area contributed by atoms with Gasteiger partial charge in [0.2, 0.25) is 0 Å². The number of nitrogens with zero attached hydrogens (tertiary/aromatic N) is 2. The van der Waals surface area contributed by atoms with E-state index in [1.165, 1.54) is 6.20 Å². The molecule has 3 N–H and O–H groups in total. The van der Waals surface area contributed by atoms with Crippen LogP contribution in [0.3, 0.4) is 0 Å². The first kappa shape index (κ1) is 15.8. The number of unbranched alkanes of at least 4 members (excludes halogenated alkanes) is 1. The van der Waals surface area contributed by atoms with E-state index in [0.717, 1.165) is 18.4 Å². The molecular weight excluding hydrogens is 280 g/mol. The Hall–Kier alpha value is -2.63. The van der Waals surface area contributed by atoms with Gasteiger partial charge >= 0.3 is 0 Å². The fraction of sp³-hybridized carbons (Fsp3) is 0.312. The Morgan fingerprint density at radius 1 is 1.36 bits per heavy atom. The molecule has 2 aromatic rings. The zero-order chi connectivity index (χ0) is 15.9. The maximum atomic E-state index is 12.0. The second-order valence-electron chi connectivity index (χ2n) is 4.80. The molecule has 0 saturated carbocycles. The molecule has 0 unspecified atom stereocenters. The number of rotatable bonds is 6. The Kier molecular flexibility index (Phi) is 5.30. The molecule has 1 aromatic carbocycles. The Balaban J connectivity index is 2.24. The largest absolute Gasteiger partial charge is 0.496 e. The van der Waals surface area contributed by atoms with Gasteiger partial charge in [0.15, 0.2) is 5.82 Å². The van der Waals surface area contributed by atoms with Crippen molar-refractivity contribution in [1.82, 2.24) is 15.3 Å². The number of carbonyl (C=O) groups is 1. The average Bonchev–Trinajstić information content (AvgIpc) is 2.54. The molecule has 22 heavy (non-hydrogen) atoms. The molecule has 0 saturated heterocycles. The number of methoxy groups -OCH3 is 1. The van der Waals surface area contributed by atoms with Gasteiger partial charge in [0.1, 0.15) is 11.6 Å². The molecule has 0 bridgehead atoms. The Bertz CT molecular complexity index is 658. The third kappa shape index (κ3) is 3.52. The highest BCUT2D eigenvalue weighted by Crippen LogP contribution is 2.27. The first-order valence-corrected chi connectivity index (χ1v) is 7.21. The molecule has 0 aliphatic rings. The van der Waals surface area contributed by atoms with E-state index in [2.05, 4.69) is 22.2 Å². The van der Waals surface area contributed by atoms with Crippen molar-refractivity contribution in [2.75, 3.05) is 19.4 Å².